The lowest BCUT2D eigenvalue weighted by Crippen LogP contribution is -2.56. The van der Waals surface area contributed by atoms with Gasteiger partial charge in [-0.2, -0.15) is 0 Å². The van der Waals surface area contributed by atoms with Crippen LogP contribution < -0.4 is 10.8 Å². The number of nitrogens with one attached hydrogen (secondary N) is 2. The molecule has 0 aliphatic carbocycles. The highest BCUT2D eigenvalue weighted by Gasteiger charge is 2.39. The maximum Gasteiger partial charge on any atom is 0.435 e. The number of hydroxylamine groups is 1. The van der Waals surface area contributed by atoms with Crippen molar-refractivity contribution in [2.45, 2.75) is 29.2 Å². The van der Waals surface area contributed by atoms with Gasteiger partial charge in [-0.1, -0.05) is 0 Å². The molecule has 24 heavy (non-hydrogen) atoms. The van der Waals surface area contributed by atoms with Crippen molar-refractivity contribution in [2.24, 2.45) is 4.99 Å². The van der Waals surface area contributed by atoms with E-state index in [9.17, 15) is 20.1 Å². The summed E-state index contributed by atoms with van der Waals surface area (Å²) in [7, 11) is 0. The van der Waals surface area contributed by atoms with E-state index in [2.05, 4.69) is 15.8 Å². The van der Waals surface area contributed by atoms with Gasteiger partial charge in [0.1, 0.15) is 24.4 Å². The van der Waals surface area contributed by atoms with Gasteiger partial charge in [-0.05, 0) is 30.5 Å². The number of hydrogen-bond donors (Lipinski definition) is 6. The lowest BCUT2D eigenvalue weighted by Gasteiger charge is -2.32. The minimum absolute atomic E-state index is 0.264. The average molecular weight is 357 g/mol. The number of rotatable bonds is 3. The molecule has 132 valence electrons. The average Bonchev–Trinajstić information content (AvgIpc) is 2.60. The van der Waals surface area contributed by atoms with Gasteiger partial charge in [0.2, 0.25) is 0 Å². The van der Waals surface area contributed by atoms with Crippen LogP contribution in [0.2, 0.25) is 0 Å². The molecule has 0 aromatic heterocycles. The van der Waals surface area contributed by atoms with Gasteiger partial charge in [0.05, 0.1) is 6.61 Å². The van der Waals surface area contributed by atoms with E-state index in [1.807, 2.05) is 18.4 Å². The Bertz CT molecular complexity index is 597. The number of thioether (sulfide) groups is 1. The van der Waals surface area contributed by atoms with Crippen LogP contribution in [0, 0.1) is 0 Å². The predicted octanol–water partition coefficient (Wildman–Crippen LogP) is -0.683. The van der Waals surface area contributed by atoms with Gasteiger partial charge < -0.3 is 25.3 Å². The highest BCUT2D eigenvalue weighted by Crippen LogP contribution is 2.18. The molecule has 0 saturated carbocycles. The van der Waals surface area contributed by atoms with Gasteiger partial charge in [0.15, 0.2) is 5.84 Å². The number of anilines is 1. The Balaban J connectivity index is 1.92. The molecule has 0 bridgehead atoms. The van der Waals surface area contributed by atoms with Crippen LogP contribution in [0.25, 0.3) is 0 Å². The van der Waals surface area contributed by atoms with Crippen LogP contribution in [0.1, 0.15) is 0 Å². The maximum atomic E-state index is 11.7. The zero-order valence-corrected chi connectivity index (χ0v) is 13.6. The van der Waals surface area contributed by atoms with Crippen molar-refractivity contribution in [3.8, 4) is 0 Å². The zero-order chi connectivity index (χ0) is 17.7. The molecule has 4 atom stereocenters. The topological polar surface area (TPSA) is 144 Å². The fourth-order valence-electron chi connectivity index (χ4n) is 2.06. The monoisotopic (exact) mass is 357 g/mol. The molecule has 1 heterocycles. The van der Waals surface area contributed by atoms with Gasteiger partial charge in [-0.15, -0.1) is 11.8 Å². The number of amides is 1. The highest BCUT2D eigenvalue weighted by atomic mass is 32.2. The lowest BCUT2D eigenvalue weighted by molar-refractivity contribution is -0.0624. The molecule has 2 rings (SSSR count). The molecule has 0 spiro atoms. The second-order valence-electron chi connectivity index (χ2n) is 5.04. The SMILES string of the molecule is CSc1ccc(NC(=O)ONC2=N[C@H](CO)[C@@H](O)[C@H](O)[C@H]2O)cc1. The molecule has 1 aromatic carbocycles. The summed E-state index contributed by atoms with van der Waals surface area (Å²) in [5, 5.41) is 40.6. The predicted molar refractivity (Wildman–Crippen MR) is 87.8 cm³/mol. The number of aliphatic imine (C=N–C) groups is 1. The summed E-state index contributed by atoms with van der Waals surface area (Å²) in [5.41, 5.74) is 2.64. The van der Waals surface area contributed by atoms with Crippen molar-refractivity contribution in [1.82, 2.24) is 5.48 Å². The van der Waals surface area contributed by atoms with Crippen LogP contribution in [-0.2, 0) is 4.84 Å². The Kier molecular flexibility index (Phi) is 6.40. The van der Waals surface area contributed by atoms with Crippen molar-refractivity contribution < 1.29 is 30.1 Å². The Morgan fingerprint density at radius 3 is 2.50 bits per heavy atom. The molecule has 1 amide bonds. The Morgan fingerprint density at radius 1 is 1.25 bits per heavy atom. The molecular weight excluding hydrogens is 338 g/mol. The van der Waals surface area contributed by atoms with Crippen LogP contribution in [0.3, 0.4) is 0 Å². The summed E-state index contributed by atoms with van der Waals surface area (Å²) < 4.78 is 0. The smallest absolute Gasteiger partial charge is 0.394 e. The number of benzene rings is 1. The van der Waals surface area contributed by atoms with E-state index in [0.29, 0.717) is 5.69 Å². The van der Waals surface area contributed by atoms with Crippen molar-refractivity contribution in [2.75, 3.05) is 18.2 Å². The first kappa shape index (κ1) is 18.5. The molecule has 0 radical (unpaired) electrons. The zero-order valence-electron chi connectivity index (χ0n) is 12.8. The van der Waals surface area contributed by atoms with Gasteiger partial charge in [0, 0.05) is 10.6 Å². The normalized spacial score (nSPS) is 26.5. The summed E-state index contributed by atoms with van der Waals surface area (Å²) in [5.74, 6) is -0.264. The number of nitrogens with zero attached hydrogens (tertiary/aromatic N) is 1. The number of hydrogen-bond acceptors (Lipinski definition) is 9. The number of aliphatic hydroxyl groups is 4. The molecule has 0 fully saturated rings. The van der Waals surface area contributed by atoms with Crippen LogP contribution in [0.5, 0.6) is 0 Å². The number of aliphatic hydroxyl groups excluding tert-OH is 4. The lowest BCUT2D eigenvalue weighted by atomic mass is 9.97. The van der Waals surface area contributed by atoms with E-state index >= 15 is 0 Å². The van der Waals surface area contributed by atoms with Crippen molar-refractivity contribution in [1.29, 1.82) is 0 Å². The molecule has 1 aromatic rings. The molecule has 10 heteroatoms. The van der Waals surface area contributed by atoms with E-state index in [1.165, 1.54) is 0 Å². The fourth-order valence-corrected chi connectivity index (χ4v) is 2.47. The van der Waals surface area contributed by atoms with E-state index < -0.39 is 37.1 Å². The van der Waals surface area contributed by atoms with Crippen LogP contribution in [0.15, 0.2) is 34.2 Å². The van der Waals surface area contributed by atoms with E-state index in [-0.39, 0.29) is 5.84 Å². The van der Waals surface area contributed by atoms with Gasteiger partial charge in [-0.3, -0.25) is 10.3 Å². The number of amidine groups is 1. The minimum Gasteiger partial charge on any atom is -0.394 e. The summed E-state index contributed by atoms with van der Waals surface area (Å²) in [6.07, 6.45) is -3.48. The summed E-state index contributed by atoms with van der Waals surface area (Å²) in [6.45, 7) is -0.538. The molecule has 1 aliphatic heterocycles. The van der Waals surface area contributed by atoms with Crippen LogP contribution in [0.4, 0.5) is 10.5 Å². The maximum absolute atomic E-state index is 11.7. The first-order chi connectivity index (χ1) is 11.5. The molecule has 0 saturated heterocycles. The largest absolute Gasteiger partial charge is 0.435 e. The van der Waals surface area contributed by atoms with Gasteiger partial charge in [-0.25, -0.2) is 10.3 Å². The number of carbonyl (C=O) groups excluding carboxylic acids is 1. The van der Waals surface area contributed by atoms with E-state index in [1.54, 1.807) is 23.9 Å². The molecule has 9 nitrogen and oxygen atoms in total. The molecular formula is C14H19N3O6S. The second-order valence-corrected chi connectivity index (χ2v) is 5.92. The van der Waals surface area contributed by atoms with Crippen molar-refractivity contribution >= 4 is 29.4 Å². The van der Waals surface area contributed by atoms with E-state index in [0.717, 1.165) is 4.90 Å². The molecule has 1 aliphatic rings. The first-order valence-electron chi connectivity index (χ1n) is 7.07. The molecule has 6 N–H and O–H groups in total. The Labute approximate surface area is 142 Å². The highest BCUT2D eigenvalue weighted by molar-refractivity contribution is 7.98. The standard InChI is InChI=1S/C14H19N3O6S/c1-24-8-4-2-7(3-5-8)15-14(22)23-17-13-12(21)11(20)10(19)9(6-18)16-13/h2-5,9-12,18-21H,6H2,1H3,(H,15,22)(H,16,17)/t9-,10-,11+,12-/m1/s1. The third kappa shape index (κ3) is 4.36. The molecule has 0 unspecified atom stereocenters. The number of carbonyl (C=O) groups is 1. The third-order valence-corrected chi connectivity index (χ3v) is 4.17. The second kappa shape index (κ2) is 8.31. The van der Waals surface area contributed by atoms with Crippen LogP contribution >= 0.6 is 11.8 Å². The first-order valence-corrected chi connectivity index (χ1v) is 8.29. The summed E-state index contributed by atoms with van der Waals surface area (Å²) in [4.78, 5) is 21.3. The Morgan fingerprint density at radius 2 is 1.92 bits per heavy atom. The third-order valence-electron chi connectivity index (χ3n) is 3.42. The summed E-state index contributed by atoms with van der Waals surface area (Å²) >= 11 is 1.56. The fraction of sp³-hybridized carbons (Fsp3) is 0.429. The quantitative estimate of drug-likeness (QED) is 0.308. The van der Waals surface area contributed by atoms with Gasteiger partial charge in [0.25, 0.3) is 0 Å². The Hall–Kier alpha value is -1.85. The van der Waals surface area contributed by atoms with Crippen LogP contribution in [-0.4, -0.2) is 69.6 Å². The van der Waals surface area contributed by atoms with E-state index in [4.69, 9.17) is 9.94 Å². The van der Waals surface area contributed by atoms with Crippen molar-refractivity contribution in [3.05, 3.63) is 24.3 Å². The summed E-state index contributed by atoms with van der Waals surface area (Å²) in [6, 6.07) is 6.01. The minimum atomic E-state index is -1.57. The van der Waals surface area contributed by atoms with Crippen molar-refractivity contribution in [3.63, 3.8) is 0 Å². The van der Waals surface area contributed by atoms with Gasteiger partial charge >= 0.3 is 6.09 Å².